The molecule has 0 spiro atoms. The normalized spacial score (nSPS) is 22.2. The van der Waals surface area contributed by atoms with Gasteiger partial charge in [-0.15, -0.1) is 0 Å². The number of ether oxygens (including phenoxy) is 2. The predicted octanol–water partition coefficient (Wildman–Crippen LogP) is 0.778. The summed E-state index contributed by atoms with van der Waals surface area (Å²) >= 11 is 0. The first-order valence-electron chi connectivity index (χ1n) is 7.45. The average Bonchev–Trinajstić information content (AvgIpc) is 2.45. The molecule has 1 aliphatic rings. The molecule has 2 atom stereocenters. The summed E-state index contributed by atoms with van der Waals surface area (Å²) in [6.45, 7) is 1.56. The van der Waals surface area contributed by atoms with Gasteiger partial charge in [0.15, 0.2) is 0 Å². The molecule has 126 valence electrons. The lowest BCUT2D eigenvalue weighted by Crippen LogP contribution is -2.38. The Morgan fingerprint density at radius 2 is 1.18 bits per heavy atom. The highest BCUT2D eigenvalue weighted by molar-refractivity contribution is 5.83. The summed E-state index contributed by atoms with van der Waals surface area (Å²) in [6, 6.07) is 0. The number of hydrogen-bond donors (Lipinski definition) is 0. The lowest BCUT2D eigenvalue weighted by molar-refractivity contribution is -0.158. The molecule has 0 saturated carbocycles. The Balaban J connectivity index is 3.14. The van der Waals surface area contributed by atoms with Gasteiger partial charge in [0.1, 0.15) is 0 Å². The van der Waals surface area contributed by atoms with Gasteiger partial charge in [-0.1, -0.05) is 11.1 Å². The van der Waals surface area contributed by atoms with Crippen LogP contribution in [0, 0.1) is 11.8 Å². The fraction of sp³-hybridized carbons (Fsp3) is 0.750. The third-order valence-corrected chi connectivity index (χ3v) is 3.94. The summed E-state index contributed by atoms with van der Waals surface area (Å²) in [4.78, 5) is 28.3. The van der Waals surface area contributed by atoms with Gasteiger partial charge in [0.05, 0.1) is 26.1 Å². The molecule has 1 aliphatic carbocycles. The summed E-state index contributed by atoms with van der Waals surface area (Å²) in [5, 5.41) is 0. The van der Waals surface area contributed by atoms with Crippen LogP contribution in [0.15, 0.2) is 11.1 Å². The maximum atomic E-state index is 12.1. The van der Waals surface area contributed by atoms with Crippen molar-refractivity contribution in [2.75, 3.05) is 55.5 Å². The maximum absolute atomic E-state index is 12.1. The molecule has 0 fully saturated rings. The Labute approximate surface area is 133 Å². The molecule has 0 bridgehead atoms. The monoisotopic (exact) mass is 312 g/mol. The minimum Gasteiger partial charge on any atom is -0.469 e. The van der Waals surface area contributed by atoms with Crippen LogP contribution in [-0.2, 0) is 19.1 Å². The van der Waals surface area contributed by atoms with Crippen molar-refractivity contribution >= 4 is 11.9 Å². The molecule has 0 radical (unpaired) electrons. The number of carbonyl (C=O) groups is 2. The molecular weight excluding hydrogens is 284 g/mol. The SMILES string of the molecule is COC(=O)[C@H]1CC(CN(C)C)=C(CN(C)C)C[C@H]1C(=O)OC. The van der Waals surface area contributed by atoms with E-state index in [0.29, 0.717) is 12.8 Å². The molecule has 0 aromatic heterocycles. The van der Waals surface area contributed by atoms with E-state index in [1.807, 2.05) is 28.2 Å². The summed E-state index contributed by atoms with van der Waals surface area (Å²) in [6.07, 6.45) is 1.10. The third kappa shape index (κ3) is 4.81. The van der Waals surface area contributed by atoms with Crippen molar-refractivity contribution in [3.05, 3.63) is 11.1 Å². The van der Waals surface area contributed by atoms with E-state index in [-0.39, 0.29) is 11.9 Å². The van der Waals surface area contributed by atoms with Gasteiger partial charge in [0.2, 0.25) is 0 Å². The zero-order chi connectivity index (χ0) is 16.9. The van der Waals surface area contributed by atoms with Crippen molar-refractivity contribution in [1.29, 1.82) is 0 Å². The summed E-state index contributed by atoms with van der Waals surface area (Å²) < 4.78 is 9.78. The topological polar surface area (TPSA) is 59.1 Å². The van der Waals surface area contributed by atoms with Crippen molar-refractivity contribution in [2.45, 2.75) is 12.8 Å². The van der Waals surface area contributed by atoms with Crippen LogP contribution in [0.1, 0.15) is 12.8 Å². The molecule has 0 saturated heterocycles. The van der Waals surface area contributed by atoms with Crippen LogP contribution in [0.5, 0.6) is 0 Å². The maximum Gasteiger partial charge on any atom is 0.309 e. The zero-order valence-corrected chi connectivity index (χ0v) is 14.5. The summed E-state index contributed by atoms with van der Waals surface area (Å²) in [5.41, 5.74) is 2.43. The van der Waals surface area contributed by atoms with E-state index in [4.69, 9.17) is 9.47 Å². The lowest BCUT2D eigenvalue weighted by Gasteiger charge is -2.33. The summed E-state index contributed by atoms with van der Waals surface area (Å²) in [5.74, 6) is -1.59. The van der Waals surface area contributed by atoms with E-state index in [9.17, 15) is 9.59 Å². The second kappa shape index (κ2) is 8.29. The van der Waals surface area contributed by atoms with Gasteiger partial charge < -0.3 is 19.3 Å². The van der Waals surface area contributed by atoms with Crippen molar-refractivity contribution in [2.24, 2.45) is 11.8 Å². The van der Waals surface area contributed by atoms with Crippen LogP contribution in [-0.4, -0.2) is 77.2 Å². The highest BCUT2D eigenvalue weighted by Gasteiger charge is 2.40. The number of nitrogens with zero attached hydrogens (tertiary/aromatic N) is 2. The average molecular weight is 312 g/mol. The zero-order valence-electron chi connectivity index (χ0n) is 14.5. The Morgan fingerprint density at radius 3 is 1.41 bits per heavy atom. The standard InChI is InChI=1S/C16H28N2O4/c1-17(2)9-11-7-13(15(19)21-5)14(16(20)22-6)8-12(11)10-18(3)4/h13-14H,7-10H2,1-6H3/t13-,14+. The molecule has 0 aromatic rings. The minimum absolute atomic E-state index is 0.337. The molecule has 0 aromatic carbocycles. The quantitative estimate of drug-likeness (QED) is 0.533. The fourth-order valence-electron chi connectivity index (χ4n) is 3.02. The van der Waals surface area contributed by atoms with Gasteiger partial charge >= 0.3 is 11.9 Å². The minimum atomic E-state index is -0.460. The Hall–Kier alpha value is -1.40. The second-order valence-corrected chi connectivity index (χ2v) is 6.35. The molecule has 6 nitrogen and oxygen atoms in total. The number of likely N-dealkylation sites (N-methyl/N-ethyl adjacent to an activating group) is 2. The molecule has 0 heterocycles. The molecule has 6 heteroatoms. The molecule has 22 heavy (non-hydrogen) atoms. The molecule has 1 rings (SSSR count). The molecule has 0 unspecified atom stereocenters. The number of hydrogen-bond acceptors (Lipinski definition) is 6. The van der Waals surface area contributed by atoms with E-state index < -0.39 is 11.8 Å². The molecule has 0 N–H and O–H groups in total. The lowest BCUT2D eigenvalue weighted by atomic mass is 9.75. The number of esters is 2. The first-order chi connectivity index (χ1) is 10.3. The number of methoxy groups -OCH3 is 2. The Morgan fingerprint density at radius 1 is 0.864 bits per heavy atom. The van der Waals surface area contributed by atoms with Crippen molar-refractivity contribution in [3.63, 3.8) is 0 Å². The van der Waals surface area contributed by atoms with E-state index in [0.717, 1.165) is 13.1 Å². The first-order valence-corrected chi connectivity index (χ1v) is 7.45. The Kier molecular flexibility index (Phi) is 7.03. The number of carbonyl (C=O) groups excluding carboxylic acids is 2. The molecule has 0 aliphatic heterocycles. The van der Waals surface area contributed by atoms with E-state index in [2.05, 4.69) is 9.80 Å². The number of rotatable bonds is 6. The van der Waals surface area contributed by atoms with Crippen LogP contribution >= 0.6 is 0 Å². The van der Waals surface area contributed by atoms with Gasteiger partial charge in [-0.3, -0.25) is 9.59 Å². The highest BCUT2D eigenvalue weighted by Crippen LogP contribution is 2.36. The van der Waals surface area contributed by atoms with E-state index >= 15 is 0 Å². The van der Waals surface area contributed by atoms with Crippen molar-refractivity contribution in [3.8, 4) is 0 Å². The molecule has 0 amide bonds. The van der Waals surface area contributed by atoms with Gasteiger partial charge in [-0.05, 0) is 41.0 Å². The van der Waals surface area contributed by atoms with Crippen LogP contribution in [0.3, 0.4) is 0 Å². The Bertz CT molecular complexity index is 403. The largest absolute Gasteiger partial charge is 0.469 e. The van der Waals surface area contributed by atoms with E-state index in [1.54, 1.807) is 0 Å². The smallest absolute Gasteiger partial charge is 0.309 e. The van der Waals surface area contributed by atoms with Gasteiger partial charge in [0, 0.05) is 13.1 Å². The molecular formula is C16H28N2O4. The van der Waals surface area contributed by atoms with Gasteiger partial charge in [-0.25, -0.2) is 0 Å². The van der Waals surface area contributed by atoms with Crippen molar-refractivity contribution < 1.29 is 19.1 Å². The third-order valence-electron chi connectivity index (χ3n) is 3.94. The van der Waals surface area contributed by atoms with Crippen molar-refractivity contribution in [1.82, 2.24) is 9.80 Å². The van der Waals surface area contributed by atoms with Crippen LogP contribution in [0.2, 0.25) is 0 Å². The predicted molar refractivity (Wildman–Crippen MR) is 84.4 cm³/mol. The van der Waals surface area contributed by atoms with Gasteiger partial charge in [-0.2, -0.15) is 0 Å². The second-order valence-electron chi connectivity index (χ2n) is 6.35. The van der Waals surface area contributed by atoms with Gasteiger partial charge in [0.25, 0.3) is 0 Å². The highest BCUT2D eigenvalue weighted by atomic mass is 16.5. The van der Waals surface area contributed by atoms with Crippen LogP contribution in [0.25, 0.3) is 0 Å². The van der Waals surface area contributed by atoms with Crippen LogP contribution in [0.4, 0.5) is 0 Å². The van der Waals surface area contributed by atoms with Crippen LogP contribution < -0.4 is 0 Å². The fourth-order valence-corrected chi connectivity index (χ4v) is 3.02. The first kappa shape index (κ1) is 18.6. The van der Waals surface area contributed by atoms with E-state index in [1.165, 1.54) is 25.4 Å². The summed E-state index contributed by atoms with van der Waals surface area (Å²) in [7, 11) is 10.7.